The van der Waals surface area contributed by atoms with Crippen molar-refractivity contribution in [2.75, 3.05) is 5.75 Å². The maximum atomic E-state index is 12.4. The zero-order valence-electron chi connectivity index (χ0n) is 19.2. The summed E-state index contributed by atoms with van der Waals surface area (Å²) in [6, 6.07) is 14.0. The number of rotatable bonds is 8. The van der Waals surface area contributed by atoms with Crippen LogP contribution < -0.4 is 5.32 Å². The first-order valence-corrected chi connectivity index (χ1v) is 11.8. The fraction of sp³-hybridized carbons (Fsp3) is 0.292. The van der Waals surface area contributed by atoms with Crippen LogP contribution in [0.5, 0.6) is 0 Å². The van der Waals surface area contributed by atoms with E-state index in [4.69, 9.17) is 0 Å². The van der Waals surface area contributed by atoms with Crippen molar-refractivity contribution in [2.24, 2.45) is 0 Å². The van der Waals surface area contributed by atoms with E-state index in [1.54, 1.807) is 6.20 Å². The summed E-state index contributed by atoms with van der Waals surface area (Å²) >= 11 is 1.39. The van der Waals surface area contributed by atoms with Gasteiger partial charge in [-0.3, -0.25) is 4.79 Å². The number of thioether (sulfide) groups is 1. The van der Waals surface area contributed by atoms with E-state index in [2.05, 4.69) is 45.5 Å². The molecular formula is C24H27N7OS. The molecule has 0 spiro atoms. The number of carbonyl (C=O) groups is 1. The Morgan fingerprint density at radius 2 is 1.91 bits per heavy atom. The number of pyridine rings is 1. The van der Waals surface area contributed by atoms with Crippen LogP contribution in [-0.4, -0.2) is 41.2 Å². The molecular weight excluding hydrogens is 434 g/mol. The number of nitrogens with one attached hydrogen (secondary N) is 1. The zero-order valence-corrected chi connectivity index (χ0v) is 20.1. The molecule has 0 bridgehead atoms. The maximum absolute atomic E-state index is 12.4. The van der Waals surface area contributed by atoms with Gasteiger partial charge in [0.2, 0.25) is 5.91 Å². The lowest BCUT2D eigenvalue weighted by Gasteiger charge is -2.09. The molecule has 0 aliphatic heterocycles. The van der Waals surface area contributed by atoms with Gasteiger partial charge >= 0.3 is 0 Å². The first kappa shape index (κ1) is 22.7. The summed E-state index contributed by atoms with van der Waals surface area (Å²) < 4.78 is 3.85. The molecule has 0 saturated heterocycles. The molecule has 3 heterocycles. The summed E-state index contributed by atoms with van der Waals surface area (Å²) in [6.07, 6.45) is 1.77. The number of hydrogen-bond acceptors (Lipinski definition) is 6. The molecule has 0 atom stereocenters. The van der Waals surface area contributed by atoms with E-state index in [9.17, 15) is 4.79 Å². The molecule has 0 unspecified atom stereocenters. The summed E-state index contributed by atoms with van der Waals surface area (Å²) in [5.41, 5.74) is 5.11. The van der Waals surface area contributed by atoms with E-state index in [-0.39, 0.29) is 11.7 Å². The SMILES string of the molecule is CCn1c(SCC(=O)NCc2ccc(-n3nc(C)cc3C)nc2)nnc1-c1ccccc1C. The Morgan fingerprint density at radius 3 is 2.58 bits per heavy atom. The third-order valence-electron chi connectivity index (χ3n) is 5.28. The second-order valence-corrected chi connectivity index (χ2v) is 8.74. The first-order valence-electron chi connectivity index (χ1n) is 10.8. The number of aromatic nitrogens is 6. The summed E-state index contributed by atoms with van der Waals surface area (Å²) in [4.78, 5) is 16.9. The maximum Gasteiger partial charge on any atom is 0.230 e. The average Bonchev–Trinajstić information content (AvgIpc) is 3.38. The molecule has 0 aliphatic rings. The van der Waals surface area contributed by atoms with Crippen molar-refractivity contribution in [2.45, 2.75) is 45.9 Å². The zero-order chi connectivity index (χ0) is 23.4. The number of aryl methyl sites for hydroxylation is 3. The van der Waals surface area contributed by atoms with Gasteiger partial charge in [0.15, 0.2) is 16.8 Å². The van der Waals surface area contributed by atoms with Gasteiger partial charge in [-0.1, -0.05) is 42.1 Å². The Balaban J connectivity index is 1.34. The average molecular weight is 462 g/mol. The molecule has 170 valence electrons. The van der Waals surface area contributed by atoms with Gasteiger partial charge in [-0.05, 0) is 51.0 Å². The molecule has 0 saturated carbocycles. The minimum atomic E-state index is -0.0642. The second-order valence-electron chi connectivity index (χ2n) is 7.79. The number of carbonyl (C=O) groups excluding carboxylic acids is 1. The summed E-state index contributed by atoms with van der Waals surface area (Å²) in [5.74, 6) is 1.79. The summed E-state index contributed by atoms with van der Waals surface area (Å²) in [5, 5.41) is 16.8. The van der Waals surface area contributed by atoms with Crippen LogP contribution in [0.3, 0.4) is 0 Å². The van der Waals surface area contributed by atoms with Gasteiger partial charge in [0.25, 0.3) is 0 Å². The largest absolute Gasteiger partial charge is 0.351 e. The number of hydrogen-bond donors (Lipinski definition) is 1. The minimum Gasteiger partial charge on any atom is -0.351 e. The van der Waals surface area contributed by atoms with E-state index in [1.807, 2.05) is 59.5 Å². The van der Waals surface area contributed by atoms with E-state index >= 15 is 0 Å². The van der Waals surface area contributed by atoms with Crippen LogP contribution in [0.15, 0.2) is 53.8 Å². The Morgan fingerprint density at radius 1 is 1.09 bits per heavy atom. The predicted molar refractivity (Wildman–Crippen MR) is 129 cm³/mol. The van der Waals surface area contributed by atoms with Crippen molar-refractivity contribution < 1.29 is 4.79 Å². The standard InChI is InChI=1S/C24H27N7OS/c1-5-30-23(20-9-7-6-8-16(20)2)27-28-24(30)33-15-22(32)26-14-19-10-11-21(25-13-19)31-18(4)12-17(3)29-31/h6-13H,5,14-15H2,1-4H3,(H,26,32). The fourth-order valence-electron chi connectivity index (χ4n) is 3.59. The van der Waals surface area contributed by atoms with E-state index in [0.29, 0.717) is 6.54 Å². The van der Waals surface area contributed by atoms with Crippen LogP contribution in [0.4, 0.5) is 0 Å². The van der Waals surface area contributed by atoms with Crippen molar-refractivity contribution in [1.82, 2.24) is 34.8 Å². The molecule has 9 heteroatoms. The van der Waals surface area contributed by atoms with E-state index in [1.165, 1.54) is 11.8 Å². The van der Waals surface area contributed by atoms with Gasteiger partial charge in [-0.25, -0.2) is 9.67 Å². The van der Waals surface area contributed by atoms with Crippen LogP contribution in [0.1, 0.15) is 29.4 Å². The highest BCUT2D eigenvalue weighted by molar-refractivity contribution is 7.99. The van der Waals surface area contributed by atoms with Crippen LogP contribution in [0.25, 0.3) is 17.2 Å². The highest BCUT2D eigenvalue weighted by atomic mass is 32.2. The molecule has 4 aromatic rings. The topological polar surface area (TPSA) is 90.5 Å². The monoisotopic (exact) mass is 461 g/mol. The highest BCUT2D eigenvalue weighted by Crippen LogP contribution is 2.26. The molecule has 33 heavy (non-hydrogen) atoms. The van der Waals surface area contributed by atoms with E-state index in [0.717, 1.165) is 51.4 Å². The Labute approximate surface area is 197 Å². The third-order valence-corrected chi connectivity index (χ3v) is 6.24. The molecule has 8 nitrogen and oxygen atoms in total. The van der Waals surface area contributed by atoms with Gasteiger partial charge in [-0.2, -0.15) is 5.10 Å². The predicted octanol–water partition coefficient (Wildman–Crippen LogP) is 3.88. The summed E-state index contributed by atoms with van der Waals surface area (Å²) in [6.45, 7) is 9.21. The molecule has 3 aromatic heterocycles. The first-order chi connectivity index (χ1) is 16.0. The van der Waals surface area contributed by atoms with Crippen LogP contribution in [0.2, 0.25) is 0 Å². The molecule has 1 amide bonds. The van der Waals surface area contributed by atoms with Crippen LogP contribution in [-0.2, 0) is 17.9 Å². The minimum absolute atomic E-state index is 0.0642. The highest BCUT2D eigenvalue weighted by Gasteiger charge is 2.16. The lowest BCUT2D eigenvalue weighted by atomic mass is 10.1. The molecule has 1 aromatic carbocycles. The number of benzene rings is 1. The smallest absolute Gasteiger partial charge is 0.230 e. The van der Waals surface area contributed by atoms with E-state index < -0.39 is 0 Å². The molecule has 0 fully saturated rings. The second kappa shape index (κ2) is 9.99. The lowest BCUT2D eigenvalue weighted by molar-refractivity contribution is -0.118. The number of nitrogens with zero attached hydrogens (tertiary/aromatic N) is 6. The third kappa shape index (κ3) is 5.14. The van der Waals surface area contributed by atoms with Gasteiger partial charge in [0.05, 0.1) is 11.4 Å². The molecule has 0 radical (unpaired) electrons. The van der Waals surface area contributed by atoms with Crippen LogP contribution >= 0.6 is 11.8 Å². The van der Waals surface area contributed by atoms with Crippen molar-refractivity contribution in [3.8, 4) is 17.2 Å². The Bertz CT molecular complexity index is 1260. The van der Waals surface area contributed by atoms with Crippen molar-refractivity contribution in [3.05, 3.63) is 71.2 Å². The summed E-state index contributed by atoms with van der Waals surface area (Å²) in [7, 11) is 0. The Kier molecular flexibility index (Phi) is 6.88. The van der Waals surface area contributed by atoms with Gasteiger partial charge in [0, 0.05) is 30.5 Å². The number of amides is 1. The van der Waals surface area contributed by atoms with Gasteiger partial charge in [0.1, 0.15) is 0 Å². The van der Waals surface area contributed by atoms with Gasteiger partial charge < -0.3 is 9.88 Å². The molecule has 4 rings (SSSR count). The van der Waals surface area contributed by atoms with Crippen LogP contribution in [0, 0.1) is 20.8 Å². The molecule has 0 aliphatic carbocycles. The molecule has 1 N–H and O–H groups in total. The van der Waals surface area contributed by atoms with Gasteiger partial charge in [-0.15, -0.1) is 10.2 Å². The van der Waals surface area contributed by atoms with Crippen molar-refractivity contribution in [1.29, 1.82) is 0 Å². The fourth-order valence-corrected chi connectivity index (χ4v) is 4.42. The van der Waals surface area contributed by atoms with Crippen molar-refractivity contribution >= 4 is 17.7 Å². The quantitative estimate of drug-likeness (QED) is 0.401. The normalized spacial score (nSPS) is 11.0. The Hall–Kier alpha value is -3.46. The van der Waals surface area contributed by atoms with Crippen molar-refractivity contribution in [3.63, 3.8) is 0 Å². The lowest BCUT2D eigenvalue weighted by Crippen LogP contribution is -2.24.